The first-order chi connectivity index (χ1) is 19.4. The number of aromatic nitrogens is 1. The second kappa shape index (κ2) is 12.9. The van der Waals surface area contributed by atoms with E-state index in [1.54, 1.807) is 36.4 Å². The molecular weight excluding hydrogens is 531 g/mol. The van der Waals surface area contributed by atoms with Gasteiger partial charge < -0.3 is 14.1 Å². The van der Waals surface area contributed by atoms with Crippen LogP contribution < -0.4 is 4.74 Å². The Morgan fingerprint density at radius 1 is 1.02 bits per heavy atom. The molecule has 1 aliphatic carbocycles. The first kappa shape index (κ1) is 30.9. The summed E-state index contributed by atoms with van der Waals surface area (Å²) < 4.78 is 25.8. The molecule has 5 nitrogen and oxygen atoms in total. The number of rotatable bonds is 10. The number of methoxy groups -OCH3 is 1. The number of hydrogen-bond donors (Lipinski definition) is 0. The fraction of sp³-hybridized carbons (Fsp3) is 0.471. The Kier molecular flexibility index (Phi) is 9.70. The Bertz CT molecular complexity index is 1290. The molecule has 0 spiro atoms. The average molecular weight is 577 g/mol. The number of carbonyl (C=O) groups is 1. The SMILES string of the molecule is COc1ccc(CN(C)C(=O)c2ccc(CC3CC[C@H]([C@H](O[Si](C)(C)C(C)(C)C)c4ccc(F)cc4)C3)cc2)cn1. The van der Waals surface area contributed by atoms with Crippen molar-refractivity contribution in [3.8, 4) is 5.88 Å². The molecule has 1 fully saturated rings. The highest BCUT2D eigenvalue weighted by molar-refractivity contribution is 6.74. The van der Waals surface area contributed by atoms with E-state index < -0.39 is 8.32 Å². The Balaban J connectivity index is 1.38. The molecule has 0 bridgehead atoms. The summed E-state index contributed by atoms with van der Waals surface area (Å²) in [4.78, 5) is 19.0. The second-order valence-electron chi connectivity index (χ2n) is 13.1. The van der Waals surface area contributed by atoms with Crippen molar-refractivity contribution in [1.82, 2.24) is 9.88 Å². The van der Waals surface area contributed by atoms with Gasteiger partial charge in [-0.05, 0) is 96.6 Å². The van der Waals surface area contributed by atoms with Gasteiger partial charge in [0, 0.05) is 31.4 Å². The van der Waals surface area contributed by atoms with Crippen molar-refractivity contribution < 1.29 is 18.3 Å². The highest BCUT2D eigenvalue weighted by Gasteiger charge is 2.42. The molecule has 1 heterocycles. The summed E-state index contributed by atoms with van der Waals surface area (Å²) in [5.41, 5.74) is 3.96. The minimum Gasteiger partial charge on any atom is -0.481 e. The van der Waals surface area contributed by atoms with Crippen molar-refractivity contribution in [1.29, 1.82) is 0 Å². The molecular formula is C34H45FN2O3Si. The van der Waals surface area contributed by atoms with Crippen LogP contribution in [0.25, 0.3) is 0 Å². The summed E-state index contributed by atoms with van der Waals surface area (Å²) in [6.07, 6.45) is 6.02. The highest BCUT2D eigenvalue weighted by atomic mass is 28.4. The lowest BCUT2D eigenvalue weighted by atomic mass is 9.91. The monoisotopic (exact) mass is 576 g/mol. The summed E-state index contributed by atoms with van der Waals surface area (Å²) in [5, 5.41) is 0.0993. The van der Waals surface area contributed by atoms with Crippen molar-refractivity contribution in [2.75, 3.05) is 14.2 Å². The van der Waals surface area contributed by atoms with Crippen LogP contribution in [0.15, 0.2) is 66.9 Å². The number of carbonyl (C=O) groups excluding carboxylic acids is 1. The summed E-state index contributed by atoms with van der Waals surface area (Å²) in [6, 6.07) is 18.7. The molecule has 3 aromatic rings. The van der Waals surface area contributed by atoms with Gasteiger partial charge in [0.1, 0.15) is 5.82 Å². The Labute approximate surface area is 246 Å². The average Bonchev–Trinajstić information content (AvgIpc) is 3.40. The zero-order chi connectivity index (χ0) is 29.8. The van der Waals surface area contributed by atoms with Crippen molar-refractivity contribution in [2.45, 2.75) is 77.2 Å². The molecule has 220 valence electrons. The summed E-state index contributed by atoms with van der Waals surface area (Å²) in [6.45, 7) is 11.9. The summed E-state index contributed by atoms with van der Waals surface area (Å²) in [7, 11) is 1.37. The van der Waals surface area contributed by atoms with E-state index in [9.17, 15) is 9.18 Å². The van der Waals surface area contributed by atoms with E-state index in [-0.39, 0.29) is 22.9 Å². The van der Waals surface area contributed by atoms with E-state index in [0.29, 0.717) is 29.8 Å². The lowest BCUT2D eigenvalue weighted by Crippen LogP contribution is -2.43. The van der Waals surface area contributed by atoms with Gasteiger partial charge in [-0.3, -0.25) is 4.79 Å². The smallest absolute Gasteiger partial charge is 0.253 e. The number of pyridine rings is 1. The van der Waals surface area contributed by atoms with Gasteiger partial charge in [-0.25, -0.2) is 9.37 Å². The van der Waals surface area contributed by atoms with Crippen molar-refractivity contribution in [2.24, 2.45) is 11.8 Å². The molecule has 1 unspecified atom stereocenters. The molecule has 41 heavy (non-hydrogen) atoms. The zero-order valence-corrected chi connectivity index (χ0v) is 26.6. The number of benzene rings is 2. The second-order valence-corrected chi connectivity index (χ2v) is 17.8. The first-order valence-electron chi connectivity index (χ1n) is 14.6. The lowest BCUT2D eigenvalue weighted by molar-refractivity contribution is 0.0785. The highest BCUT2D eigenvalue weighted by Crippen LogP contribution is 2.47. The van der Waals surface area contributed by atoms with Gasteiger partial charge in [0.2, 0.25) is 5.88 Å². The molecule has 0 N–H and O–H groups in total. The Hall–Kier alpha value is -3.03. The molecule has 1 saturated carbocycles. The minimum atomic E-state index is -2.02. The van der Waals surface area contributed by atoms with E-state index >= 15 is 0 Å². The standard InChI is InChI=1S/C34H45FN2O3Si/c1-34(2,3)41(6,7)40-32(27-15-17-30(35)18-16-27)29-14-10-25(21-29)20-24-8-12-28(13-9-24)33(38)37(4)23-26-11-19-31(39-5)36-22-26/h8-9,11-13,15-19,22,25,29,32H,10,14,20-21,23H2,1-7H3/t25?,29-,32+/m0/s1. The number of nitrogens with zero attached hydrogens (tertiary/aromatic N) is 2. The van der Waals surface area contributed by atoms with Crippen molar-refractivity contribution in [3.63, 3.8) is 0 Å². The van der Waals surface area contributed by atoms with Crippen LogP contribution >= 0.6 is 0 Å². The molecule has 7 heteroatoms. The number of hydrogen-bond acceptors (Lipinski definition) is 4. The Morgan fingerprint density at radius 3 is 2.27 bits per heavy atom. The quantitative estimate of drug-likeness (QED) is 0.228. The van der Waals surface area contributed by atoms with Gasteiger partial charge in [-0.1, -0.05) is 51.1 Å². The third-order valence-electron chi connectivity index (χ3n) is 8.93. The first-order valence-corrected chi connectivity index (χ1v) is 17.5. The van der Waals surface area contributed by atoms with Gasteiger partial charge in [-0.15, -0.1) is 0 Å². The molecule has 1 aliphatic rings. The molecule has 1 aromatic heterocycles. The van der Waals surface area contributed by atoms with Gasteiger partial charge in [-0.2, -0.15) is 0 Å². The van der Waals surface area contributed by atoms with Crippen LogP contribution in [-0.4, -0.2) is 38.3 Å². The van der Waals surface area contributed by atoms with Crippen molar-refractivity contribution in [3.05, 3.63) is 94.9 Å². The number of ether oxygens (including phenoxy) is 1. The molecule has 3 atom stereocenters. The summed E-state index contributed by atoms with van der Waals surface area (Å²) in [5.74, 6) is 1.29. The van der Waals surface area contributed by atoms with Gasteiger partial charge in [0.15, 0.2) is 8.32 Å². The molecule has 2 aromatic carbocycles. The van der Waals surface area contributed by atoms with E-state index in [1.807, 2.05) is 37.4 Å². The third kappa shape index (κ3) is 7.83. The minimum absolute atomic E-state index is 0.0155. The van der Waals surface area contributed by atoms with Crippen LogP contribution in [-0.2, 0) is 17.4 Å². The molecule has 0 radical (unpaired) electrons. The van der Waals surface area contributed by atoms with Gasteiger partial charge >= 0.3 is 0 Å². The number of halogens is 1. The van der Waals surface area contributed by atoms with E-state index in [4.69, 9.17) is 9.16 Å². The van der Waals surface area contributed by atoms with E-state index in [2.05, 4.69) is 51.0 Å². The van der Waals surface area contributed by atoms with E-state index in [1.165, 1.54) is 5.56 Å². The van der Waals surface area contributed by atoms with Crippen LogP contribution in [0.3, 0.4) is 0 Å². The normalized spacial score (nSPS) is 18.2. The largest absolute Gasteiger partial charge is 0.481 e. The van der Waals surface area contributed by atoms with Gasteiger partial charge in [0.25, 0.3) is 5.91 Å². The van der Waals surface area contributed by atoms with Gasteiger partial charge in [0.05, 0.1) is 13.2 Å². The molecule has 4 rings (SSSR count). The Morgan fingerprint density at radius 2 is 1.68 bits per heavy atom. The zero-order valence-electron chi connectivity index (χ0n) is 25.6. The predicted molar refractivity (Wildman–Crippen MR) is 165 cm³/mol. The lowest BCUT2D eigenvalue weighted by Gasteiger charge is -2.41. The van der Waals surface area contributed by atoms with Crippen LogP contribution in [0.5, 0.6) is 5.88 Å². The molecule has 0 saturated heterocycles. The fourth-order valence-corrected chi connectivity index (χ4v) is 6.78. The predicted octanol–water partition coefficient (Wildman–Crippen LogP) is 8.22. The third-order valence-corrected chi connectivity index (χ3v) is 13.4. The van der Waals surface area contributed by atoms with Crippen LogP contribution in [0, 0.1) is 17.7 Å². The number of amides is 1. The maximum atomic E-state index is 13.7. The molecule has 0 aliphatic heterocycles. The topological polar surface area (TPSA) is 51.7 Å². The van der Waals surface area contributed by atoms with E-state index in [0.717, 1.165) is 36.8 Å². The maximum absolute atomic E-state index is 13.7. The maximum Gasteiger partial charge on any atom is 0.253 e. The fourth-order valence-electron chi connectivity index (χ4n) is 5.47. The van der Waals surface area contributed by atoms with Crippen LogP contribution in [0.1, 0.15) is 73.2 Å². The molecule has 1 amide bonds. The van der Waals surface area contributed by atoms with Crippen molar-refractivity contribution >= 4 is 14.2 Å². The summed E-state index contributed by atoms with van der Waals surface area (Å²) >= 11 is 0. The van der Waals surface area contributed by atoms with Crippen LogP contribution in [0.2, 0.25) is 18.1 Å². The van der Waals surface area contributed by atoms with Crippen LogP contribution in [0.4, 0.5) is 4.39 Å².